The first-order chi connectivity index (χ1) is 10.3. The number of anilines is 1. The van der Waals surface area contributed by atoms with E-state index in [-0.39, 0.29) is 0 Å². The fourth-order valence-corrected chi connectivity index (χ4v) is 3.34. The van der Waals surface area contributed by atoms with Crippen LogP contribution in [0.4, 0.5) is 5.95 Å². The SMILES string of the molecule is S=C(NC[C@@H]1CCCO1)N1CCn2c1nc1ccccc12. The maximum Gasteiger partial charge on any atom is 0.213 e. The molecule has 0 radical (unpaired) electrons. The van der Waals surface area contributed by atoms with Crippen LogP contribution in [0.5, 0.6) is 0 Å². The van der Waals surface area contributed by atoms with Crippen molar-refractivity contribution in [3.8, 4) is 0 Å². The molecule has 3 heterocycles. The van der Waals surface area contributed by atoms with Gasteiger partial charge in [-0.25, -0.2) is 4.98 Å². The monoisotopic (exact) mass is 302 g/mol. The largest absolute Gasteiger partial charge is 0.376 e. The Morgan fingerprint density at radius 3 is 3.14 bits per heavy atom. The highest BCUT2D eigenvalue weighted by Gasteiger charge is 2.26. The van der Waals surface area contributed by atoms with E-state index in [2.05, 4.69) is 20.9 Å². The molecule has 4 rings (SSSR count). The minimum atomic E-state index is 0.296. The lowest BCUT2D eigenvalue weighted by Crippen LogP contribution is -2.42. The lowest BCUT2D eigenvalue weighted by molar-refractivity contribution is 0.114. The van der Waals surface area contributed by atoms with Gasteiger partial charge in [-0.2, -0.15) is 0 Å². The Morgan fingerprint density at radius 1 is 1.38 bits per heavy atom. The molecule has 0 bridgehead atoms. The zero-order valence-corrected chi connectivity index (χ0v) is 12.6. The highest BCUT2D eigenvalue weighted by molar-refractivity contribution is 7.80. The average molecular weight is 302 g/mol. The Labute approximate surface area is 128 Å². The number of para-hydroxylation sites is 2. The van der Waals surface area contributed by atoms with E-state index in [0.29, 0.717) is 6.10 Å². The summed E-state index contributed by atoms with van der Waals surface area (Å²) in [6.45, 7) is 3.47. The van der Waals surface area contributed by atoms with Crippen molar-refractivity contribution in [2.75, 3.05) is 24.6 Å². The van der Waals surface area contributed by atoms with Crippen molar-refractivity contribution in [2.45, 2.75) is 25.5 Å². The third-order valence-electron chi connectivity index (χ3n) is 4.17. The molecule has 0 aliphatic carbocycles. The molecular weight excluding hydrogens is 284 g/mol. The molecule has 0 unspecified atom stereocenters. The summed E-state index contributed by atoms with van der Waals surface area (Å²) in [5.74, 6) is 0.945. The number of aromatic nitrogens is 2. The fraction of sp³-hybridized carbons (Fsp3) is 0.467. The minimum absolute atomic E-state index is 0.296. The zero-order chi connectivity index (χ0) is 14.2. The van der Waals surface area contributed by atoms with Gasteiger partial charge in [0.05, 0.1) is 17.1 Å². The van der Waals surface area contributed by atoms with E-state index in [1.165, 1.54) is 5.52 Å². The second kappa shape index (κ2) is 5.27. The van der Waals surface area contributed by atoms with Gasteiger partial charge in [0.1, 0.15) is 0 Å². The van der Waals surface area contributed by atoms with Crippen LogP contribution in [0.1, 0.15) is 12.8 Å². The number of hydrogen-bond acceptors (Lipinski definition) is 3. The Bertz CT molecular complexity index is 677. The van der Waals surface area contributed by atoms with Gasteiger partial charge in [0.25, 0.3) is 0 Å². The lowest BCUT2D eigenvalue weighted by atomic mass is 10.2. The van der Waals surface area contributed by atoms with Crippen molar-refractivity contribution >= 4 is 34.3 Å². The smallest absolute Gasteiger partial charge is 0.213 e. The van der Waals surface area contributed by atoms with E-state index in [0.717, 1.165) is 55.7 Å². The number of benzene rings is 1. The molecule has 1 aromatic heterocycles. The summed E-state index contributed by atoms with van der Waals surface area (Å²) in [5, 5.41) is 4.08. The van der Waals surface area contributed by atoms with Gasteiger partial charge < -0.3 is 14.6 Å². The minimum Gasteiger partial charge on any atom is -0.376 e. The number of imidazole rings is 1. The molecule has 0 saturated carbocycles. The quantitative estimate of drug-likeness (QED) is 0.858. The van der Waals surface area contributed by atoms with E-state index in [4.69, 9.17) is 21.9 Å². The van der Waals surface area contributed by atoms with Crippen molar-refractivity contribution < 1.29 is 4.74 Å². The summed E-state index contributed by atoms with van der Waals surface area (Å²) in [7, 11) is 0. The third-order valence-corrected chi connectivity index (χ3v) is 4.54. The van der Waals surface area contributed by atoms with Crippen LogP contribution in [0.25, 0.3) is 11.0 Å². The Balaban J connectivity index is 1.51. The normalized spacial score (nSPS) is 21.0. The van der Waals surface area contributed by atoms with Gasteiger partial charge in [-0.3, -0.25) is 4.90 Å². The summed E-state index contributed by atoms with van der Waals surface area (Å²) < 4.78 is 7.85. The number of thiocarbonyl (C=S) groups is 1. The molecule has 21 heavy (non-hydrogen) atoms. The topological polar surface area (TPSA) is 42.3 Å². The van der Waals surface area contributed by atoms with E-state index in [1.807, 2.05) is 18.2 Å². The molecule has 1 aromatic carbocycles. The Kier molecular flexibility index (Phi) is 3.27. The number of nitrogens with one attached hydrogen (secondary N) is 1. The number of nitrogens with zero attached hydrogens (tertiary/aromatic N) is 3. The average Bonchev–Trinajstić information content (AvgIpc) is 3.20. The van der Waals surface area contributed by atoms with Crippen molar-refractivity contribution in [3.63, 3.8) is 0 Å². The van der Waals surface area contributed by atoms with Crippen molar-refractivity contribution in [3.05, 3.63) is 24.3 Å². The van der Waals surface area contributed by atoms with Crippen LogP contribution in [0.3, 0.4) is 0 Å². The highest BCUT2D eigenvalue weighted by atomic mass is 32.1. The molecule has 2 aliphatic heterocycles. The molecule has 5 nitrogen and oxygen atoms in total. The zero-order valence-electron chi connectivity index (χ0n) is 11.8. The second-order valence-corrected chi connectivity index (χ2v) is 5.91. The van der Waals surface area contributed by atoms with Crippen molar-refractivity contribution in [1.82, 2.24) is 14.9 Å². The van der Waals surface area contributed by atoms with Gasteiger partial charge in [0, 0.05) is 26.2 Å². The van der Waals surface area contributed by atoms with E-state index in [9.17, 15) is 0 Å². The number of fused-ring (bicyclic) bond motifs is 3. The van der Waals surface area contributed by atoms with Gasteiger partial charge in [-0.1, -0.05) is 12.1 Å². The van der Waals surface area contributed by atoms with Crippen LogP contribution in [-0.4, -0.2) is 40.5 Å². The molecule has 1 atom stereocenters. The van der Waals surface area contributed by atoms with Crippen molar-refractivity contribution in [2.24, 2.45) is 0 Å². The van der Waals surface area contributed by atoms with Crippen LogP contribution in [-0.2, 0) is 11.3 Å². The molecule has 1 saturated heterocycles. The molecular formula is C15H18N4OS. The number of hydrogen-bond donors (Lipinski definition) is 1. The van der Waals surface area contributed by atoms with Gasteiger partial charge in [-0.15, -0.1) is 0 Å². The van der Waals surface area contributed by atoms with E-state index in [1.54, 1.807) is 0 Å². The molecule has 110 valence electrons. The maximum absolute atomic E-state index is 5.62. The third kappa shape index (κ3) is 2.28. The van der Waals surface area contributed by atoms with Crippen LogP contribution in [0.15, 0.2) is 24.3 Å². The number of ether oxygens (including phenoxy) is 1. The first-order valence-corrected chi connectivity index (χ1v) is 7.86. The summed E-state index contributed by atoms with van der Waals surface area (Å²) in [5.41, 5.74) is 2.20. The predicted molar refractivity (Wildman–Crippen MR) is 86.7 cm³/mol. The molecule has 0 amide bonds. The molecule has 1 N–H and O–H groups in total. The van der Waals surface area contributed by atoms with E-state index < -0.39 is 0 Å². The standard InChI is InChI=1S/C15H18N4OS/c21-15(16-10-11-4-3-9-20-11)19-8-7-18-13-6-2-1-5-12(13)17-14(18)19/h1-2,5-6,11H,3-4,7-10H2,(H,16,21)/t11-/m0/s1. The maximum atomic E-state index is 5.62. The highest BCUT2D eigenvalue weighted by Crippen LogP contribution is 2.27. The van der Waals surface area contributed by atoms with Crippen LogP contribution in [0, 0.1) is 0 Å². The van der Waals surface area contributed by atoms with E-state index >= 15 is 0 Å². The second-order valence-electron chi connectivity index (χ2n) is 5.52. The summed E-state index contributed by atoms with van der Waals surface area (Å²) in [6.07, 6.45) is 2.57. The summed E-state index contributed by atoms with van der Waals surface area (Å²) in [4.78, 5) is 6.79. The fourth-order valence-electron chi connectivity index (χ4n) is 3.08. The lowest BCUT2D eigenvalue weighted by Gasteiger charge is -2.20. The van der Waals surface area contributed by atoms with Crippen LogP contribution < -0.4 is 10.2 Å². The van der Waals surface area contributed by atoms with Gasteiger partial charge in [-0.05, 0) is 37.2 Å². The predicted octanol–water partition coefficient (Wildman–Crippen LogP) is 1.91. The summed E-state index contributed by atoms with van der Waals surface area (Å²) in [6, 6.07) is 8.22. The van der Waals surface area contributed by atoms with Crippen molar-refractivity contribution in [1.29, 1.82) is 0 Å². The molecule has 1 fully saturated rings. The molecule has 2 aliphatic rings. The van der Waals surface area contributed by atoms with Gasteiger partial charge in [0.2, 0.25) is 5.95 Å². The number of rotatable bonds is 2. The molecule has 0 spiro atoms. The Hall–Kier alpha value is -1.66. The van der Waals surface area contributed by atoms with Crippen LogP contribution in [0.2, 0.25) is 0 Å². The van der Waals surface area contributed by atoms with Crippen LogP contribution >= 0.6 is 12.2 Å². The first kappa shape index (κ1) is 13.0. The molecule has 6 heteroatoms. The Morgan fingerprint density at radius 2 is 2.29 bits per heavy atom. The molecule has 2 aromatic rings. The summed E-state index contributed by atoms with van der Waals surface area (Å²) >= 11 is 5.54. The first-order valence-electron chi connectivity index (χ1n) is 7.45. The van der Waals surface area contributed by atoms with Gasteiger partial charge >= 0.3 is 0 Å². The van der Waals surface area contributed by atoms with Gasteiger partial charge in [0.15, 0.2) is 5.11 Å².